The van der Waals surface area contributed by atoms with Crippen molar-refractivity contribution in [3.63, 3.8) is 0 Å². The van der Waals surface area contributed by atoms with Gasteiger partial charge in [-0.2, -0.15) is 5.10 Å². The van der Waals surface area contributed by atoms with Crippen molar-refractivity contribution in [2.24, 2.45) is 5.92 Å². The lowest BCUT2D eigenvalue weighted by Crippen LogP contribution is -2.49. The molecule has 1 saturated heterocycles. The summed E-state index contributed by atoms with van der Waals surface area (Å²) in [6.07, 6.45) is 3.82. The first kappa shape index (κ1) is 23.3. The Morgan fingerprint density at radius 1 is 1.03 bits per heavy atom. The largest absolute Gasteiger partial charge is 0.329 e. The fraction of sp³-hybridized carbons (Fsp3) is 0.393. The third kappa shape index (κ3) is 5.00. The second kappa shape index (κ2) is 9.66. The van der Waals surface area contributed by atoms with Gasteiger partial charge in [0.25, 0.3) is 5.91 Å². The summed E-state index contributed by atoms with van der Waals surface area (Å²) in [4.78, 5) is 30.7. The average Bonchev–Trinajstić information content (AvgIpc) is 3.60. The second-order valence-corrected chi connectivity index (χ2v) is 9.99. The van der Waals surface area contributed by atoms with Crippen molar-refractivity contribution in [1.29, 1.82) is 0 Å². The molecule has 1 aliphatic heterocycles. The van der Waals surface area contributed by atoms with Crippen LogP contribution in [0.15, 0.2) is 60.8 Å². The van der Waals surface area contributed by atoms with Crippen LogP contribution in [0.4, 0.5) is 5.69 Å². The zero-order valence-corrected chi connectivity index (χ0v) is 20.6. The van der Waals surface area contributed by atoms with Gasteiger partial charge in [-0.3, -0.25) is 14.3 Å². The number of benzene rings is 2. The van der Waals surface area contributed by atoms with Crippen LogP contribution in [0, 0.1) is 5.92 Å². The summed E-state index contributed by atoms with van der Waals surface area (Å²) in [5.41, 5.74) is 3.91. The number of carbonyl (C=O) groups excluding carboxylic acids is 2. The van der Waals surface area contributed by atoms with Crippen LogP contribution in [0.5, 0.6) is 0 Å². The third-order valence-electron chi connectivity index (χ3n) is 6.91. The van der Waals surface area contributed by atoms with E-state index in [1.807, 2.05) is 58.2 Å². The maximum atomic E-state index is 14.1. The van der Waals surface area contributed by atoms with Crippen LogP contribution in [-0.2, 0) is 4.79 Å². The highest BCUT2D eigenvalue weighted by Crippen LogP contribution is 2.34. The molecule has 0 bridgehead atoms. The van der Waals surface area contributed by atoms with Gasteiger partial charge in [-0.15, -0.1) is 0 Å². The number of amides is 2. The van der Waals surface area contributed by atoms with Gasteiger partial charge < -0.3 is 15.1 Å². The fourth-order valence-electron chi connectivity index (χ4n) is 4.66. The van der Waals surface area contributed by atoms with Crippen LogP contribution in [0.3, 0.4) is 0 Å². The van der Waals surface area contributed by atoms with Crippen LogP contribution < -0.4 is 5.32 Å². The van der Waals surface area contributed by atoms with E-state index in [2.05, 4.69) is 43.2 Å². The van der Waals surface area contributed by atoms with E-state index in [1.165, 1.54) is 0 Å². The first-order valence-electron chi connectivity index (χ1n) is 12.5. The smallest absolute Gasteiger partial charge is 0.255 e. The van der Waals surface area contributed by atoms with Gasteiger partial charge in [0.05, 0.1) is 11.7 Å². The minimum Gasteiger partial charge on any atom is -0.329 e. The minimum absolute atomic E-state index is 0.0129. The van der Waals surface area contributed by atoms with Crippen molar-refractivity contribution >= 4 is 17.5 Å². The van der Waals surface area contributed by atoms with E-state index < -0.39 is 0 Å². The molecule has 0 radical (unpaired) electrons. The molecule has 1 aromatic heterocycles. The Labute approximate surface area is 206 Å². The van der Waals surface area contributed by atoms with Crippen LogP contribution >= 0.6 is 0 Å². The quantitative estimate of drug-likeness (QED) is 0.570. The molecular weight excluding hydrogens is 438 g/mol. The van der Waals surface area contributed by atoms with E-state index in [0.29, 0.717) is 17.8 Å². The Hall–Kier alpha value is -3.45. The summed E-state index contributed by atoms with van der Waals surface area (Å²) >= 11 is 0. The molecule has 0 spiro atoms. The molecule has 7 nitrogen and oxygen atoms in total. The van der Waals surface area contributed by atoms with Crippen molar-refractivity contribution in [1.82, 2.24) is 19.6 Å². The molecule has 1 aliphatic carbocycles. The molecule has 2 heterocycles. The molecule has 182 valence electrons. The number of hydrogen-bond acceptors (Lipinski definition) is 4. The molecule has 3 aromatic rings. The van der Waals surface area contributed by atoms with Gasteiger partial charge in [0.2, 0.25) is 5.91 Å². The average molecular weight is 472 g/mol. The zero-order valence-electron chi connectivity index (χ0n) is 20.6. The topological polar surface area (TPSA) is 70.5 Å². The number of aromatic nitrogens is 2. The Balaban J connectivity index is 1.52. The summed E-state index contributed by atoms with van der Waals surface area (Å²) in [5, 5.41) is 7.77. The van der Waals surface area contributed by atoms with Gasteiger partial charge in [0.15, 0.2) is 0 Å². The molecule has 35 heavy (non-hydrogen) atoms. The van der Waals surface area contributed by atoms with Gasteiger partial charge in [0.1, 0.15) is 0 Å². The lowest BCUT2D eigenvalue weighted by molar-refractivity contribution is -0.117. The number of piperazine rings is 1. The molecule has 1 saturated carbocycles. The highest BCUT2D eigenvalue weighted by Gasteiger charge is 2.33. The lowest BCUT2D eigenvalue weighted by Gasteiger charge is -2.40. The van der Waals surface area contributed by atoms with E-state index >= 15 is 0 Å². The zero-order chi connectivity index (χ0) is 24.5. The van der Waals surface area contributed by atoms with Gasteiger partial charge in [-0.25, -0.2) is 0 Å². The Morgan fingerprint density at radius 2 is 1.80 bits per heavy atom. The van der Waals surface area contributed by atoms with Crippen molar-refractivity contribution in [2.75, 3.05) is 32.0 Å². The molecule has 1 unspecified atom stereocenters. The van der Waals surface area contributed by atoms with E-state index in [-0.39, 0.29) is 29.8 Å². The molecule has 2 aromatic carbocycles. The van der Waals surface area contributed by atoms with E-state index in [9.17, 15) is 9.59 Å². The molecule has 2 aliphatic rings. The normalized spacial score (nSPS) is 18.6. The monoisotopic (exact) mass is 471 g/mol. The van der Waals surface area contributed by atoms with Crippen LogP contribution in [0.25, 0.3) is 11.3 Å². The lowest BCUT2D eigenvalue weighted by atomic mass is 9.98. The Bertz CT molecular complexity index is 1220. The molecule has 5 rings (SSSR count). The van der Waals surface area contributed by atoms with Gasteiger partial charge in [-0.1, -0.05) is 30.3 Å². The Kier molecular flexibility index (Phi) is 6.43. The predicted octanol–water partition coefficient (Wildman–Crippen LogP) is 4.61. The number of nitrogens with one attached hydrogen (secondary N) is 1. The number of anilines is 1. The Morgan fingerprint density at radius 3 is 2.49 bits per heavy atom. The first-order valence-corrected chi connectivity index (χ1v) is 12.5. The van der Waals surface area contributed by atoms with Crippen LogP contribution in [-0.4, -0.2) is 58.1 Å². The third-order valence-corrected chi connectivity index (χ3v) is 6.91. The predicted molar refractivity (Wildman–Crippen MR) is 137 cm³/mol. The molecule has 2 fully saturated rings. The van der Waals surface area contributed by atoms with E-state index in [1.54, 1.807) is 0 Å². The summed E-state index contributed by atoms with van der Waals surface area (Å²) < 4.78 is 1.89. The minimum atomic E-state index is -0.0298. The molecule has 1 atom stereocenters. The first-order chi connectivity index (χ1) is 16.9. The van der Waals surface area contributed by atoms with E-state index in [0.717, 1.165) is 42.8 Å². The highest BCUT2D eigenvalue weighted by molar-refractivity contribution is 6.02. The summed E-state index contributed by atoms with van der Waals surface area (Å²) in [6.45, 7) is 6.40. The standard InChI is InChI=1S/C28H33N5O2/c1-19(2)33-14-13-25(30-33)24-17-22(29-27(34)21-9-10-21)11-12-23(24)28(35)32-16-15-31(3)18-26(32)20-7-5-4-6-8-20/h4-8,11-14,17,19,21,26H,9-10,15-16,18H2,1-3H3,(H,29,34). The number of hydrogen-bond donors (Lipinski definition) is 1. The van der Waals surface area contributed by atoms with Gasteiger partial charge in [-0.05, 0) is 63.6 Å². The summed E-state index contributed by atoms with van der Waals surface area (Å²) in [5.74, 6) is 0.143. The molecule has 2 amide bonds. The molecular formula is C28H33N5O2. The number of rotatable bonds is 6. The van der Waals surface area contributed by atoms with Crippen LogP contribution in [0.2, 0.25) is 0 Å². The van der Waals surface area contributed by atoms with Gasteiger partial charge in [0, 0.05) is 54.6 Å². The fourth-order valence-corrected chi connectivity index (χ4v) is 4.66. The van der Waals surface area contributed by atoms with Crippen LogP contribution in [0.1, 0.15) is 54.7 Å². The number of nitrogens with zero attached hydrogens (tertiary/aromatic N) is 4. The second-order valence-electron chi connectivity index (χ2n) is 9.99. The summed E-state index contributed by atoms with van der Waals surface area (Å²) in [7, 11) is 2.10. The van der Waals surface area contributed by atoms with Crippen molar-refractivity contribution < 1.29 is 9.59 Å². The highest BCUT2D eigenvalue weighted by atomic mass is 16.2. The molecule has 1 N–H and O–H groups in total. The number of likely N-dealkylation sites (N-methyl/N-ethyl adjacent to an activating group) is 1. The SMILES string of the molecule is CC(C)n1ccc(-c2cc(NC(=O)C3CC3)ccc2C(=O)N2CCN(C)CC2c2ccccc2)n1. The van der Waals surface area contributed by atoms with Crippen molar-refractivity contribution in [3.8, 4) is 11.3 Å². The maximum Gasteiger partial charge on any atom is 0.255 e. The maximum absolute atomic E-state index is 14.1. The van der Waals surface area contributed by atoms with Crippen molar-refractivity contribution in [3.05, 3.63) is 71.9 Å². The molecule has 7 heteroatoms. The number of carbonyl (C=O) groups is 2. The van der Waals surface area contributed by atoms with Gasteiger partial charge >= 0.3 is 0 Å². The van der Waals surface area contributed by atoms with E-state index in [4.69, 9.17) is 5.10 Å². The van der Waals surface area contributed by atoms with Crippen molar-refractivity contribution in [2.45, 2.75) is 38.8 Å². The summed E-state index contributed by atoms with van der Waals surface area (Å²) in [6, 6.07) is 17.9.